The van der Waals surface area contributed by atoms with Crippen LogP contribution in [0, 0.1) is 5.92 Å². The lowest BCUT2D eigenvalue weighted by Gasteiger charge is -2.14. The SMILES string of the molecule is Cl.O=C(NCC1=CCNCC1)C1CC1c1ccc(Cl)c(Cl)c1. The first-order valence-corrected chi connectivity index (χ1v) is 8.02. The highest BCUT2D eigenvalue weighted by Gasteiger charge is 2.43. The minimum atomic E-state index is 0. The molecule has 2 unspecified atom stereocenters. The van der Waals surface area contributed by atoms with Crippen LogP contribution < -0.4 is 10.6 Å². The van der Waals surface area contributed by atoms with E-state index in [9.17, 15) is 4.79 Å². The van der Waals surface area contributed by atoms with Gasteiger partial charge >= 0.3 is 0 Å². The number of carbonyl (C=O) groups is 1. The van der Waals surface area contributed by atoms with E-state index < -0.39 is 0 Å². The lowest BCUT2D eigenvalue weighted by atomic mass is 10.1. The van der Waals surface area contributed by atoms with Crippen LogP contribution in [0.5, 0.6) is 0 Å². The molecule has 3 nitrogen and oxygen atoms in total. The van der Waals surface area contributed by atoms with Gasteiger partial charge in [-0.05, 0) is 43.0 Å². The molecule has 1 aromatic rings. The molecule has 2 atom stereocenters. The standard InChI is InChI=1S/C16H18Cl2N2O.ClH/c17-14-2-1-11(7-15(14)18)12-8-13(12)16(21)20-9-10-3-5-19-6-4-10;/h1-3,7,12-13,19H,4-6,8-9H2,(H,20,21);1H. The molecule has 3 rings (SSSR count). The summed E-state index contributed by atoms with van der Waals surface area (Å²) in [6.07, 6.45) is 4.07. The van der Waals surface area contributed by atoms with Gasteiger partial charge in [0.2, 0.25) is 5.91 Å². The number of amides is 1. The Bertz CT molecular complexity index is 589. The summed E-state index contributed by atoms with van der Waals surface area (Å²) in [5.41, 5.74) is 2.42. The lowest BCUT2D eigenvalue weighted by Crippen LogP contribution is -2.30. The molecule has 0 radical (unpaired) electrons. The zero-order valence-corrected chi connectivity index (χ0v) is 14.4. The highest BCUT2D eigenvalue weighted by atomic mass is 35.5. The molecule has 6 heteroatoms. The van der Waals surface area contributed by atoms with E-state index in [2.05, 4.69) is 16.7 Å². The quantitative estimate of drug-likeness (QED) is 0.805. The topological polar surface area (TPSA) is 41.1 Å². The minimum Gasteiger partial charge on any atom is -0.352 e. The van der Waals surface area contributed by atoms with Crippen molar-refractivity contribution in [3.05, 3.63) is 45.5 Å². The van der Waals surface area contributed by atoms with Crippen molar-refractivity contribution in [1.29, 1.82) is 0 Å². The molecule has 1 saturated carbocycles. The summed E-state index contributed by atoms with van der Waals surface area (Å²) in [6, 6.07) is 5.63. The van der Waals surface area contributed by atoms with E-state index in [0.717, 1.165) is 31.5 Å². The maximum Gasteiger partial charge on any atom is 0.224 e. The van der Waals surface area contributed by atoms with Crippen LogP contribution >= 0.6 is 35.6 Å². The van der Waals surface area contributed by atoms with Gasteiger partial charge < -0.3 is 10.6 Å². The zero-order valence-electron chi connectivity index (χ0n) is 12.1. The van der Waals surface area contributed by atoms with Gasteiger partial charge in [-0.3, -0.25) is 4.79 Å². The van der Waals surface area contributed by atoms with Gasteiger partial charge in [-0.25, -0.2) is 0 Å². The minimum absolute atomic E-state index is 0. The van der Waals surface area contributed by atoms with Gasteiger partial charge in [0.1, 0.15) is 0 Å². The Hall–Kier alpha value is -0.740. The molecule has 1 amide bonds. The summed E-state index contributed by atoms with van der Waals surface area (Å²) >= 11 is 11.9. The summed E-state index contributed by atoms with van der Waals surface area (Å²) in [6.45, 7) is 2.57. The van der Waals surface area contributed by atoms with Crippen LogP contribution in [0.1, 0.15) is 24.3 Å². The average Bonchev–Trinajstić information content (AvgIpc) is 3.29. The van der Waals surface area contributed by atoms with E-state index in [1.807, 2.05) is 12.1 Å². The number of halogens is 3. The van der Waals surface area contributed by atoms with Gasteiger partial charge in [-0.1, -0.05) is 40.9 Å². The second-order valence-electron chi connectivity index (χ2n) is 5.66. The fraction of sp³-hybridized carbons (Fsp3) is 0.438. The molecule has 1 aliphatic heterocycles. The third kappa shape index (κ3) is 4.17. The molecular formula is C16H19Cl3N2O. The average molecular weight is 362 g/mol. The fourth-order valence-corrected chi connectivity index (χ4v) is 3.06. The van der Waals surface area contributed by atoms with Gasteiger partial charge in [0, 0.05) is 19.0 Å². The number of benzene rings is 1. The van der Waals surface area contributed by atoms with E-state index in [0.29, 0.717) is 16.6 Å². The van der Waals surface area contributed by atoms with Crippen LogP contribution in [0.4, 0.5) is 0 Å². The third-order valence-corrected chi connectivity index (χ3v) is 4.89. The number of hydrogen-bond donors (Lipinski definition) is 2. The first kappa shape index (κ1) is 17.6. The summed E-state index contributed by atoms with van der Waals surface area (Å²) in [5, 5.41) is 7.42. The Kier molecular flexibility index (Phi) is 6.16. The van der Waals surface area contributed by atoms with Gasteiger partial charge in [0.25, 0.3) is 0 Å². The molecular weight excluding hydrogens is 343 g/mol. The van der Waals surface area contributed by atoms with Crippen molar-refractivity contribution in [1.82, 2.24) is 10.6 Å². The number of carbonyl (C=O) groups excluding carboxylic acids is 1. The van der Waals surface area contributed by atoms with Crippen molar-refractivity contribution < 1.29 is 4.79 Å². The highest BCUT2D eigenvalue weighted by Crippen LogP contribution is 2.48. The molecule has 22 heavy (non-hydrogen) atoms. The molecule has 1 fully saturated rings. The smallest absolute Gasteiger partial charge is 0.224 e. The summed E-state index contributed by atoms with van der Waals surface area (Å²) < 4.78 is 0. The Morgan fingerprint density at radius 3 is 2.82 bits per heavy atom. The van der Waals surface area contributed by atoms with E-state index in [-0.39, 0.29) is 30.2 Å². The zero-order chi connectivity index (χ0) is 14.8. The number of rotatable bonds is 4. The molecule has 0 aromatic heterocycles. The number of nitrogens with one attached hydrogen (secondary N) is 2. The largest absolute Gasteiger partial charge is 0.352 e. The third-order valence-electron chi connectivity index (χ3n) is 4.15. The van der Waals surface area contributed by atoms with E-state index in [1.54, 1.807) is 6.07 Å². The Morgan fingerprint density at radius 2 is 2.14 bits per heavy atom. The predicted molar refractivity (Wildman–Crippen MR) is 93.1 cm³/mol. The maximum absolute atomic E-state index is 12.2. The van der Waals surface area contributed by atoms with Crippen LogP contribution in [-0.2, 0) is 4.79 Å². The second-order valence-corrected chi connectivity index (χ2v) is 6.47. The van der Waals surface area contributed by atoms with Crippen LogP contribution in [0.25, 0.3) is 0 Å². The molecule has 1 aliphatic carbocycles. The van der Waals surface area contributed by atoms with Crippen molar-refractivity contribution in [2.24, 2.45) is 5.92 Å². The first-order chi connectivity index (χ1) is 10.1. The summed E-state index contributed by atoms with van der Waals surface area (Å²) in [4.78, 5) is 12.2. The molecule has 1 aromatic carbocycles. The fourth-order valence-electron chi connectivity index (χ4n) is 2.76. The van der Waals surface area contributed by atoms with Crippen molar-refractivity contribution in [2.45, 2.75) is 18.8 Å². The van der Waals surface area contributed by atoms with Crippen LogP contribution in [0.3, 0.4) is 0 Å². The van der Waals surface area contributed by atoms with E-state index >= 15 is 0 Å². The molecule has 1 heterocycles. The van der Waals surface area contributed by atoms with Crippen molar-refractivity contribution >= 4 is 41.5 Å². The van der Waals surface area contributed by atoms with E-state index in [1.165, 1.54) is 5.57 Å². The normalized spacial score (nSPS) is 23.3. The molecule has 2 aliphatic rings. The molecule has 0 bridgehead atoms. The highest BCUT2D eigenvalue weighted by molar-refractivity contribution is 6.42. The molecule has 0 spiro atoms. The number of hydrogen-bond acceptors (Lipinski definition) is 2. The Labute approximate surface area is 146 Å². The van der Waals surface area contributed by atoms with Crippen LogP contribution in [-0.4, -0.2) is 25.5 Å². The molecule has 120 valence electrons. The van der Waals surface area contributed by atoms with Gasteiger partial charge in [0.15, 0.2) is 0 Å². The van der Waals surface area contributed by atoms with Gasteiger partial charge in [-0.2, -0.15) is 0 Å². The van der Waals surface area contributed by atoms with Crippen LogP contribution in [0.2, 0.25) is 10.0 Å². The summed E-state index contributed by atoms with van der Waals surface area (Å²) in [5.74, 6) is 0.497. The lowest BCUT2D eigenvalue weighted by molar-refractivity contribution is -0.122. The van der Waals surface area contributed by atoms with Gasteiger partial charge in [0.05, 0.1) is 10.0 Å². The molecule has 0 saturated heterocycles. The van der Waals surface area contributed by atoms with Crippen molar-refractivity contribution in [2.75, 3.05) is 19.6 Å². The second kappa shape index (κ2) is 7.69. The van der Waals surface area contributed by atoms with Crippen molar-refractivity contribution in [3.8, 4) is 0 Å². The maximum atomic E-state index is 12.2. The monoisotopic (exact) mass is 360 g/mol. The van der Waals surface area contributed by atoms with E-state index in [4.69, 9.17) is 23.2 Å². The Morgan fingerprint density at radius 1 is 1.32 bits per heavy atom. The Balaban J connectivity index is 0.00000176. The molecule has 2 N–H and O–H groups in total. The van der Waals surface area contributed by atoms with Crippen molar-refractivity contribution in [3.63, 3.8) is 0 Å². The summed E-state index contributed by atoms with van der Waals surface area (Å²) in [7, 11) is 0. The predicted octanol–water partition coefficient (Wildman–Crippen LogP) is 3.55. The first-order valence-electron chi connectivity index (χ1n) is 7.26. The van der Waals surface area contributed by atoms with Gasteiger partial charge in [-0.15, -0.1) is 12.4 Å². The van der Waals surface area contributed by atoms with Crippen LogP contribution in [0.15, 0.2) is 29.8 Å².